The Bertz CT molecular complexity index is 260. The van der Waals surface area contributed by atoms with Crippen LogP contribution in [0.4, 0.5) is 5.69 Å². The van der Waals surface area contributed by atoms with Gasteiger partial charge in [-0.3, -0.25) is 0 Å². The van der Waals surface area contributed by atoms with E-state index in [2.05, 4.69) is 20.9 Å². The van der Waals surface area contributed by atoms with Gasteiger partial charge in [0.15, 0.2) is 0 Å². The van der Waals surface area contributed by atoms with Crippen LogP contribution in [0.1, 0.15) is 6.92 Å². The van der Waals surface area contributed by atoms with E-state index >= 15 is 0 Å². The third kappa shape index (κ3) is 2.68. The fraction of sp³-hybridized carbons (Fsp3) is 0.222. The number of para-hydroxylation sites is 1. The van der Waals surface area contributed by atoms with Crippen LogP contribution in [0.3, 0.4) is 0 Å². The molecule has 12 heavy (non-hydrogen) atoms. The molecule has 1 aromatic rings. The van der Waals surface area contributed by atoms with Crippen molar-refractivity contribution >= 4 is 25.9 Å². The van der Waals surface area contributed by atoms with E-state index in [9.17, 15) is 0 Å². The molecule has 2 N–H and O–H groups in total. The Morgan fingerprint density at radius 3 is 2.50 bits per heavy atom. The maximum absolute atomic E-state index is 9.08. The van der Waals surface area contributed by atoms with Crippen LogP contribution in [0, 0.1) is 0 Å². The third-order valence-corrected chi connectivity index (χ3v) is 2.27. The van der Waals surface area contributed by atoms with Crippen molar-refractivity contribution in [3.63, 3.8) is 0 Å². The summed E-state index contributed by atoms with van der Waals surface area (Å²) in [5, 5.41) is 12.2. The van der Waals surface area contributed by atoms with Gasteiger partial charge in [0.05, 0.1) is 0 Å². The Kier molecular flexibility index (Phi) is 3.32. The van der Waals surface area contributed by atoms with Crippen molar-refractivity contribution in [1.29, 1.82) is 0 Å². The molecule has 2 nitrogen and oxygen atoms in total. The van der Waals surface area contributed by atoms with Crippen molar-refractivity contribution in [1.82, 2.24) is 0 Å². The molecule has 64 valence electrons. The Balaban J connectivity index is 2.58. The molecule has 1 atom stereocenters. The Labute approximate surface area is 80.0 Å². The van der Waals surface area contributed by atoms with E-state index in [1.54, 1.807) is 0 Å². The van der Waals surface area contributed by atoms with Crippen LogP contribution >= 0.6 is 0 Å². The van der Waals surface area contributed by atoms with Crippen LogP contribution < -0.4 is 5.32 Å². The summed E-state index contributed by atoms with van der Waals surface area (Å²) in [7, 11) is 0. The number of hydrogen-bond donors (Lipinski definition) is 2. The predicted octanol–water partition coefficient (Wildman–Crippen LogP) is 1.16. The van der Waals surface area contributed by atoms with Gasteiger partial charge < -0.3 is 0 Å². The topological polar surface area (TPSA) is 32.3 Å². The first-order chi connectivity index (χ1) is 5.70. The van der Waals surface area contributed by atoms with Gasteiger partial charge in [-0.15, -0.1) is 0 Å². The molecule has 1 unspecified atom stereocenters. The second kappa shape index (κ2) is 4.29. The molecule has 0 radical (unpaired) electrons. The molecule has 0 aliphatic heterocycles. The molecule has 0 aromatic heterocycles. The summed E-state index contributed by atoms with van der Waals surface area (Å²) in [6, 6.07) is 9.72. The summed E-state index contributed by atoms with van der Waals surface area (Å²) in [6.07, 6.45) is 0. The van der Waals surface area contributed by atoms with Crippen molar-refractivity contribution < 1.29 is 5.11 Å². The maximum atomic E-state index is 9.08. The van der Waals surface area contributed by atoms with Gasteiger partial charge >= 0.3 is 79.6 Å². The molecular weight excluding hydrogens is 217 g/mol. The van der Waals surface area contributed by atoms with Gasteiger partial charge in [0.2, 0.25) is 0 Å². The predicted molar refractivity (Wildman–Crippen MR) is 52.2 cm³/mol. The van der Waals surface area contributed by atoms with Gasteiger partial charge in [-0.1, -0.05) is 0 Å². The van der Waals surface area contributed by atoms with Crippen LogP contribution in [0.5, 0.6) is 0 Å². The van der Waals surface area contributed by atoms with Crippen molar-refractivity contribution in [2.75, 3.05) is 5.32 Å². The summed E-state index contributed by atoms with van der Waals surface area (Å²) in [5.41, 5.74) is 1.01. The van der Waals surface area contributed by atoms with E-state index in [0.29, 0.717) is 0 Å². The summed E-state index contributed by atoms with van der Waals surface area (Å²) in [4.78, 5) is 0. The fourth-order valence-corrected chi connectivity index (χ4v) is 0.970. The Hall–Kier alpha value is -0.791. The second-order valence-corrected chi connectivity index (χ2v) is 3.45. The van der Waals surface area contributed by atoms with Crippen LogP contribution in [-0.4, -0.2) is 31.3 Å². The standard InChI is InChI=1S/C9H11NOSe/c1-7(9(11)12)10-8-5-3-2-4-6-8/h2-7,10H,1H3,(H,11,12). The monoisotopic (exact) mass is 229 g/mol. The third-order valence-electron chi connectivity index (χ3n) is 1.53. The molecule has 3 heteroatoms. The van der Waals surface area contributed by atoms with Crippen molar-refractivity contribution in [2.45, 2.75) is 13.0 Å². The van der Waals surface area contributed by atoms with Crippen LogP contribution in [0.25, 0.3) is 0 Å². The normalized spacial score (nSPS) is 12.1. The minimum absolute atomic E-state index is 0.0487. The average Bonchev–Trinajstić information content (AvgIpc) is 2.06. The summed E-state index contributed by atoms with van der Waals surface area (Å²) in [6.45, 7) is 1.89. The first-order valence-electron chi connectivity index (χ1n) is 3.74. The van der Waals surface area contributed by atoms with E-state index < -0.39 is 0 Å². The fourth-order valence-electron chi connectivity index (χ4n) is 0.846. The first kappa shape index (κ1) is 9.30. The van der Waals surface area contributed by atoms with Gasteiger partial charge in [-0.25, -0.2) is 0 Å². The van der Waals surface area contributed by atoms with Crippen molar-refractivity contribution in [2.24, 2.45) is 0 Å². The van der Waals surface area contributed by atoms with Crippen molar-refractivity contribution in [3.05, 3.63) is 30.3 Å². The van der Waals surface area contributed by atoms with Gasteiger partial charge in [0, 0.05) is 0 Å². The average molecular weight is 228 g/mol. The molecule has 0 amide bonds. The number of nitrogens with one attached hydrogen (secondary N) is 1. The summed E-state index contributed by atoms with van der Waals surface area (Å²) >= 11 is 2.57. The molecular formula is C9H11NOSe. The Morgan fingerprint density at radius 1 is 1.42 bits per heavy atom. The SMILES string of the molecule is CC(Nc1ccccc1)C(O)=[Se]. The van der Waals surface area contributed by atoms with E-state index in [1.165, 1.54) is 0 Å². The number of hydrogen-bond acceptors (Lipinski definition) is 2. The molecule has 0 aliphatic rings. The summed E-state index contributed by atoms with van der Waals surface area (Å²) in [5.74, 6) is 0. The van der Waals surface area contributed by atoms with E-state index in [-0.39, 0.29) is 10.6 Å². The molecule has 0 saturated heterocycles. The molecule has 1 rings (SSSR count). The number of aliphatic hydroxyl groups is 1. The molecule has 0 heterocycles. The van der Waals surface area contributed by atoms with Gasteiger partial charge in [0.25, 0.3) is 0 Å². The quantitative estimate of drug-likeness (QED) is 0.761. The van der Waals surface area contributed by atoms with Crippen LogP contribution in [0.2, 0.25) is 0 Å². The van der Waals surface area contributed by atoms with E-state index in [4.69, 9.17) is 5.11 Å². The zero-order valence-electron chi connectivity index (χ0n) is 6.82. The number of rotatable bonds is 3. The van der Waals surface area contributed by atoms with Gasteiger partial charge in [-0.2, -0.15) is 0 Å². The van der Waals surface area contributed by atoms with Crippen molar-refractivity contribution in [3.8, 4) is 0 Å². The summed E-state index contributed by atoms with van der Waals surface area (Å²) < 4.78 is 0.277. The molecule has 0 aliphatic carbocycles. The number of benzene rings is 1. The van der Waals surface area contributed by atoms with Gasteiger partial charge in [0.1, 0.15) is 0 Å². The first-order valence-corrected chi connectivity index (χ1v) is 4.60. The minimum atomic E-state index is -0.0487. The molecule has 0 saturated carbocycles. The van der Waals surface area contributed by atoms with Crippen LogP contribution in [-0.2, 0) is 0 Å². The van der Waals surface area contributed by atoms with Gasteiger partial charge in [-0.05, 0) is 0 Å². The molecule has 0 bridgehead atoms. The van der Waals surface area contributed by atoms with E-state index in [0.717, 1.165) is 5.69 Å². The second-order valence-electron chi connectivity index (χ2n) is 2.57. The Morgan fingerprint density at radius 2 is 2.00 bits per heavy atom. The molecule has 0 spiro atoms. The van der Waals surface area contributed by atoms with E-state index in [1.807, 2.05) is 37.3 Å². The molecule has 0 fully saturated rings. The number of anilines is 1. The zero-order chi connectivity index (χ0) is 8.97. The zero-order valence-corrected chi connectivity index (χ0v) is 8.53. The van der Waals surface area contributed by atoms with Crippen LogP contribution in [0.15, 0.2) is 30.3 Å². The molecule has 1 aromatic carbocycles. The number of aliphatic hydroxyl groups excluding tert-OH is 1.